The average Bonchev–Trinajstić information content (AvgIpc) is 3.09. The van der Waals surface area contributed by atoms with Crippen molar-refractivity contribution in [3.05, 3.63) is 192 Å². The Kier molecular flexibility index (Phi) is 17.7. The normalized spacial score (nSPS) is 10.2. The van der Waals surface area contributed by atoms with E-state index in [1.807, 2.05) is 0 Å². The smallest absolute Gasteiger partial charge is 0.0620 e. The van der Waals surface area contributed by atoms with Crippen LogP contribution < -0.4 is 31.8 Å². The largest absolute Gasteiger partial charge is 0.102 e. The molecule has 0 aliphatic heterocycles. The maximum Gasteiger partial charge on any atom is 0.102 e. The fourth-order valence-electron chi connectivity index (χ4n) is 4.63. The average molecular weight is 780 g/mol. The van der Waals surface area contributed by atoms with Crippen molar-refractivity contribution in [2.75, 3.05) is 0 Å². The second kappa shape index (κ2) is 21.7. The first-order chi connectivity index (χ1) is 22.0. The Hall–Kier alpha value is -2.93. The second-order valence-electron chi connectivity index (χ2n) is 9.17. The minimum absolute atomic E-state index is 0.877. The van der Waals surface area contributed by atoms with Crippen LogP contribution in [0.4, 0.5) is 0 Å². The van der Waals surface area contributed by atoms with E-state index in [0.717, 1.165) is 5.34 Å². The fraction of sp³-hybridized carbons (Fsp3) is 0. The molecule has 0 aromatic heterocycles. The molecular weight excluding hydrogens is 748 g/mol. The van der Waals surface area contributed by atoms with Crippen LogP contribution in [-0.2, 0) is 13.0 Å². The van der Waals surface area contributed by atoms with Crippen LogP contribution in [-0.4, -0.2) is 0 Å². The summed E-state index contributed by atoms with van der Waals surface area (Å²) in [6, 6.07) is 65.0. The molecule has 0 amide bonds. The summed E-state index contributed by atoms with van der Waals surface area (Å²) in [5, 5.41) is 17.6. The molecule has 6 aromatic carbocycles. The van der Waals surface area contributed by atoms with E-state index in [0.29, 0.717) is 0 Å². The Morgan fingerprint density at radius 1 is 0.378 bits per heavy atom. The van der Waals surface area contributed by atoms with Crippen molar-refractivity contribution in [3.63, 3.8) is 0 Å². The van der Waals surface area contributed by atoms with Gasteiger partial charge in [-0.15, -0.1) is 5.34 Å². The molecule has 0 aliphatic carbocycles. The summed E-state index contributed by atoms with van der Waals surface area (Å²) in [7, 11) is 13.1. The van der Waals surface area contributed by atoms with Gasteiger partial charge >= 0.3 is 42.1 Å². The first-order valence-electron chi connectivity index (χ1n) is 13.7. The zero-order chi connectivity index (χ0) is 32.1. The molecule has 0 fully saturated rings. The van der Waals surface area contributed by atoms with E-state index in [4.69, 9.17) is 39.2 Å². The summed E-state index contributed by atoms with van der Waals surface area (Å²) in [4.78, 5) is 8.00. The molecule has 0 radical (unpaired) electrons. The maximum absolute atomic E-state index is 8.00. The summed E-state index contributed by atoms with van der Waals surface area (Å²) in [5.74, 6) is 0. The van der Waals surface area contributed by atoms with Crippen molar-refractivity contribution in [2.45, 2.75) is 0 Å². The molecule has 6 rings (SSSR count). The standard InChI is InChI=1S/2C18H15P.3ClH.HNO2.Ru/c2*1-4-10-16(11-5-1)19(17-12-6-2-7-13-17)18-14-8-3-9-15-18;;;;2-1-3;/h2*1-15H;3*1H;(H,2,3);/q;;;;;;+3/p-2. The van der Waals surface area contributed by atoms with E-state index < -0.39 is 28.8 Å². The van der Waals surface area contributed by atoms with Crippen LogP contribution in [0.25, 0.3) is 0 Å². The molecule has 0 bridgehead atoms. The minimum atomic E-state index is -1.75. The molecule has 9 heteroatoms. The molecule has 0 atom stereocenters. The predicted molar refractivity (Wildman–Crippen MR) is 200 cm³/mol. The van der Waals surface area contributed by atoms with Gasteiger partial charge in [-0.25, -0.2) is 0 Å². The molecule has 231 valence electrons. The number of halogens is 3. The van der Waals surface area contributed by atoms with Gasteiger partial charge in [0.05, 0.1) is 15.8 Å². The van der Waals surface area contributed by atoms with Gasteiger partial charge in [0.2, 0.25) is 0 Å². The maximum atomic E-state index is 8.00. The second-order valence-corrected chi connectivity index (χ2v) is 22.1. The quantitative estimate of drug-likeness (QED) is 0.0736. The Morgan fingerprint density at radius 2 is 0.489 bits per heavy atom. The van der Waals surface area contributed by atoms with E-state index in [-0.39, 0.29) is 0 Å². The van der Waals surface area contributed by atoms with Gasteiger partial charge in [0.15, 0.2) is 0 Å². The third-order valence-electron chi connectivity index (χ3n) is 6.37. The Balaban J connectivity index is 0.000000204. The van der Waals surface area contributed by atoms with E-state index in [1.54, 1.807) is 0 Å². The number of rotatable bonds is 6. The molecule has 0 N–H and O–H groups in total. The molecule has 0 spiro atoms. The Bertz CT molecular complexity index is 1300. The van der Waals surface area contributed by atoms with Crippen LogP contribution in [0.15, 0.2) is 187 Å². The van der Waals surface area contributed by atoms with Gasteiger partial charge in [-0.2, -0.15) is 0 Å². The number of nitrogens with zero attached hydrogens (tertiary/aromatic N) is 1. The molecule has 0 heterocycles. The van der Waals surface area contributed by atoms with Crippen LogP contribution >= 0.6 is 44.9 Å². The topological polar surface area (TPSA) is 52.5 Å². The van der Waals surface area contributed by atoms with Crippen molar-refractivity contribution < 1.29 is 13.0 Å². The number of benzene rings is 6. The molecule has 3 nitrogen and oxygen atoms in total. The van der Waals surface area contributed by atoms with Crippen LogP contribution in [0.5, 0.6) is 0 Å². The number of hydrogen-bond acceptors (Lipinski definition) is 3. The molecule has 6 aromatic rings. The van der Waals surface area contributed by atoms with Crippen LogP contribution in [0.1, 0.15) is 0 Å². The summed E-state index contributed by atoms with van der Waals surface area (Å²) in [6.45, 7) is 0. The van der Waals surface area contributed by atoms with Crippen molar-refractivity contribution in [1.82, 2.24) is 0 Å². The third-order valence-corrected chi connectivity index (χ3v) is 11.8. The van der Waals surface area contributed by atoms with Crippen molar-refractivity contribution in [1.29, 1.82) is 0 Å². The molecule has 0 aliphatic rings. The molecular formula is C36H32Cl3NO2P2Ru+. The predicted octanol–water partition coefficient (Wildman–Crippen LogP) is 8.67. The zero-order valence-corrected chi connectivity index (χ0v) is 30.1. The van der Waals surface area contributed by atoms with Gasteiger partial charge in [0, 0.05) is 0 Å². The number of hydrogen-bond donors (Lipinski definition) is 0. The monoisotopic (exact) mass is 779 g/mol. The first-order valence-corrected chi connectivity index (χ1v) is 23.4. The van der Waals surface area contributed by atoms with E-state index in [2.05, 4.69) is 182 Å². The first kappa shape index (κ1) is 36.5. The Morgan fingerprint density at radius 3 is 0.600 bits per heavy atom. The van der Waals surface area contributed by atoms with Gasteiger partial charge < -0.3 is 10.1 Å². The van der Waals surface area contributed by atoms with E-state index >= 15 is 0 Å². The summed E-state index contributed by atoms with van der Waals surface area (Å²) < 4.78 is 0. The van der Waals surface area contributed by atoms with E-state index in [9.17, 15) is 0 Å². The zero-order valence-electron chi connectivity index (χ0n) is 24.1. The van der Waals surface area contributed by atoms with E-state index in [1.165, 1.54) is 31.8 Å². The molecule has 0 unspecified atom stereocenters. The molecule has 0 saturated heterocycles. The SMILES string of the molecule is O=N[O-].[Cl][Ru]([Cl])[Cl].c1ccc([PH+](c2ccccc2)c2ccccc2)cc1.c1ccc([PH+](c2ccccc2)c2ccccc2)cc1. The third kappa shape index (κ3) is 13.1. The minimum Gasteiger partial charge on any atom is -0.0620 e. The fourth-order valence-corrected chi connectivity index (χ4v) is 9.78. The summed E-state index contributed by atoms with van der Waals surface area (Å²) >= 11 is -1.75. The van der Waals surface area contributed by atoms with Crippen molar-refractivity contribution in [3.8, 4) is 0 Å². The van der Waals surface area contributed by atoms with Crippen LogP contribution in [0, 0.1) is 10.1 Å². The van der Waals surface area contributed by atoms with Gasteiger partial charge in [-0.1, -0.05) is 109 Å². The van der Waals surface area contributed by atoms with Crippen LogP contribution in [0.2, 0.25) is 0 Å². The van der Waals surface area contributed by atoms with Gasteiger partial charge in [0.1, 0.15) is 31.8 Å². The van der Waals surface area contributed by atoms with Gasteiger partial charge in [0.25, 0.3) is 0 Å². The van der Waals surface area contributed by atoms with Crippen molar-refractivity contribution in [2.24, 2.45) is 5.34 Å². The van der Waals surface area contributed by atoms with Gasteiger partial charge in [-0.3, -0.25) is 0 Å². The Labute approximate surface area is 285 Å². The molecule has 45 heavy (non-hydrogen) atoms. The summed E-state index contributed by atoms with van der Waals surface area (Å²) in [6.07, 6.45) is 0. The van der Waals surface area contributed by atoms with Gasteiger partial charge in [-0.05, 0) is 72.8 Å². The molecule has 0 saturated carbocycles. The summed E-state index contributed by atoms with van der Waals surface area (Å²) in [5.41, 5.74) is 0. The van der Waals surface area contributed by atoms with Crippen molar-refractivity contribution >= 4 is 76.7 Å². The van der Waals surface area contributed by atoms with Crippen LogP contribution in [0.3, 0.4) is 0 Å².